The van der Waals surface area contributed by atoms with Gasteiger partial charge in [-0.15, -0.1) is 0 Å². The fourth-order valence-corrected chi connectivity index (χ4v) is 1.42. The van der Waals surface area contributed by atoms with Crippen molar-refractivity contribution in [3.63, 3.8) is 0 Å². The SMILES string of the molecule is CC1=COC(C)(c2ccccc2)O1. The van der Waals surface area contributed by atoms with E-state index in [2.05, 4.69) is 0 Å². The highest BCUT2D eigenvalue weighted by molar-refractivity contribution is 5.21. The van der Waals surface area contributed by atoms with Gasteiger partial charge in [-0.3, -0.25) is 0 Å². The molecule has 0 spiro atoms. The third-order valence-corrected chi connectivity index (χ3v) is 2.10. The maximum Gasteiger partial charge on any atom is 0.274 e. The molecule has 0 fully saturated rings. The maximum atomic E-state index is 5.57. The van der Waals surface area contributed by atoms with Crippen LogP contribution in [0.15, 0.2) is 42.4 Å². The van der Waals surface area contributed by atoms with Gasteiger partial charge in [0.2, 0.25) is 0 Å². The molecule has 1 unspecified atom stereocenters. The van der Waals surface area contributed by atoms with E-state index in [1.54, 1.807) is 6.26 Å². The molecule has 0 saturated heterocycles. The highest BCUT2D eigenvalue weighted by Gasteiger charge is 2.33. The first-order valence-corrected chi connectivity index (χ1v) is 4.30. The van der Waals surface area contributed by atoms with E-state index in [0.29, 0.717) is 0 Å². The number of hydrogen-bond donors (Lipinski definition) is 0. The number of allylic oxidation sites excluding steroid dienone is 1. The smallest absolute Gasteiger partial charge is 0.274 e. The molecule has 1 heterocycles. The van der Waals surface area contributed by atoms with Crippen LogP contribution in [-0.2, 0) is 15.3 Å². The van der Waals surface area contributed by atoms with Gasteiger partial charge in [0.15, 0.2) is 0 Å². The fraction of sp³-hybridized carbons (Fsp3) is 0.273. The van der Waals surface area contributed by atoms with E-state index in [0.717, 1.165) is 11.3 Å². The van der Waals surface area contributed by atoms with Crippen molar-refractivity contribution in [1.82, 2.24) is 0 Å². The Kier molecular flexibility index (Phi) is 1.76. The Balaban J connectivity index is 2.28. The molecule has 13 heavy (non-hydrogen) atoms. The molecule has 2 nitrogen and oxygen atoms in total. The van der Waals surface area contributed by atoms with E-state index >= 15 is 0 Å². The molecule has 68 valence electrons. The highest BCUT2D eigenvalue weighted by atomic mass is 16.7. The fourth-order valence-electron chi connectivity index (χ4n) is 1.42. The van der Waals surface area contributed by atoms with E-state index in [9.17, 15) is 0 Å². The van der Waals surface area contributed by atoms with Gasteiger partial charge in [0.25, 0.3) is 5.79 Å². The molecule has 1 aliphatic rings. The Morgan fingerprint density at radius 2 is 1.85 bits per heavy atom. The van der Waals surface area contributed by atoms with E-state index < -0.39 is 5.79 Å². The Morgan fingerprint density at radius 1 is 1.15 bits per heavy atom. The summed E-state index contributed by atoms with van der Waals surface area (Å²) in [6.07, 6.45) is 1.65. The largest absolute Gasteiger partial charge is 0.453 e. The number of benzene rings is 1. The third kappa shape index (κ3) is 1.39. The lowest BCUT2D eigenvalue weighted by Gasteiger charge is -2.23. The zero-order chi connectivity index (χ0) is 9.31. The Labute approximate surface area is 77.8 Å². The van der Waals surface area contributed by atoms with Gasteiger partial charge in [0.1, 0.15) is 12.0 Å². The Bertz CT molecular complexity index is 329. The van der Waals surface area contributed by atoms with Crippen molar-refractivity contribution >= 4 is 0 Å². The molecule has 1 atom stereocenters. The minimum atomic E-state index is -0.634. The van der Waals surface area contributed by atoms with Crippen LogP contribution >= 0.6 is 0 Å². The topological polar surface area (TPSA) is 18.5 Å². The summed E-state index contributed by atoms with van der Waals surface area (Å²) in [4.78, 5) is 0. The maximum absolute atomic E-state index is 5.57. The zero-order valence-electron chi connectivity index (χ0n) is 7.78. The normalized spacial score (nSPS) is 26.2. The van der Waals surface area contributed by atoms with Crippen LogP contribution in [0.2, 0.25) is 0 Å². The summed E-state index contributed by atoms with van der Waals surface area (Å²) < 4.78 is 11.0. The molecule has 2 heteroatoms. The second-order valence-corrected chi connectivity index (χ2v) is 3.26. The van der Waals surface area contributed by atoms with Gasteiger partial charge in [0.05, 0.1) is 0 Å². The first-order chi connectivity index (χ1) is 6.21. The average molecular weight is 176 g/mol. The van der Waals surface area contributed by atoms with Crippen LogP contribution in [-0.4, -0.2) is 0 Å². The van der Waals surface area contributed by atoms with Crippen LogP contribution in [0.25, 0.3) is 0 Å². The summed E-state index contributed by atoms with van der Waals surface area (Å²) >= 11 is 0. The van der Waals surface area contributed by atoms with Crippen molar-refractivity contribution < 1.29 is 9.47 Å². The van der Waals surface area contributed by atoms with Gasteiger partial charge in [-0.05, 0) is 6.92 Å². The van der Waals surface area contributed by atoms with Crippen LogP contribution in [0.4, 0.5) is 0 Å². The van der Waals surface area contributed by atoms with Crippen molar-refractivity contribution in [1.29, 1.82) is 0 Å². The predicted molar refractivity (Wildman–Crippen MR) is 49.7 cm³/mol. The van der Waals surface area contributed by atoms with Crippen molar-refractivity contribution in [3.8, 4) is 0 Å². The van der Waals surface area contributed by atoms with Crippen LogP contribution < -0.4 is 0 Å². The molecule has 0 amide bonds. The molecule has 0 radical (unpaired) electrons. The van der Waals surface area contributed by atoms with E-state index in [-0.39, 0.29) is 0 Å². The highest BCUT2D eigenvalue weighted by Crippen LogP contribution is 2.34. The summed E-state index contributed by atoms with van der Waals surface area (Å²) in [6, 6.07) is 9.91. The molecule has 0 N–H and O–H groups in total. The molecule has 0 aromatic heterocycles. The van der Waals surface area contributed by atoms with Crippen molar-refractivity contribution in [2.45, 2.75) is 19.6 Å². The molecule has 1 aromatic carbocycles. The van der Waals surface area contributed by atoms with E-state index in [4.69, 9.17) is 9.47 Å². The molecule has 1 aliphatic heterocycles. The summed E-state index contributed by atoms with van der Waals surface area (Å²) in [5, 5.41) is 0. The number of hydrogen-bond acceptors (Lipinski definition) is 2. The van der Waals surface area contributed by atoms with Crippen LogP contribution in [0.3, 0.4) is 0 Å². The minimum absolute atomic E-state index is 0.634. The van der Waals surface area contributed by atoms with Gasteiger partial charge in [-0.1, -0.05) is 30.3 Å². The first kappa shape index (κ1) is 8.17. The van der Waals surface area contributed by atoms with E-state index in [1.807, 2.05) is 44.2 Å². The molecule has 2 rings (SSSR count). The second kappa shape index (κ2) is 2.80. The number of ether oxygens (including phenoxy) is 2. The summed E-state index contributed by atoms with van der Waals surface area (Å²) in [5.74, 6) is 0.178. The summed E-state index contributed by atoms with van der Waals surface area (Å²) in [5.41, 5.74) is 1.03. The Morgan fingerprint density at radius 3 is 2.38 bits per heavy atom. The molecular formula is C11H12O2. The lowest BCUT2D eigenvalue weighted by atomic mass is 10.1. The minimum Gasteiger partial charge on any atom is -0.453 e. The predicted octanol–water partition coefficient (Wildman–Crippen LogP) is 2.77. The second-order valence-electron chi connectivity index (χ2n) is 3.26. The van der Waals surface area contributed by atoms with Gasteiger partial charge in [-0.25, -0.2) is 0 Å². The molecule has 0 bridgehead atoms. The molecule has 1 aromatic rings. The lowest BCUT2D eigenvalue weighted by Crippen LogP contribution is -2.22. The van der Waals surface area contributed by atoms with Crippen LogP contribution in [0.5, 0.6) is 0 Å². The molecule has 0 aliphatic carbocycles. The van der Waals surface area contributed by atoms with Gasteiger partial charge in [0, 0.05) is 12.5 Å². The van der Waals surface area contributed by atoms with Gasteiger partial charge < -0.3 is 9.47 Å². The monoisotopic (exact) mass is 176 g/mol. The van der Waals surface area contributed by atoms with Crippen LogP contribution in [0, 0.1) is 0 Å². The lowest BCUT2D eigenvalue weighted by molar-refractivity contribution is -0.140. The van der Waals surface area contributed by atoms with Gasteiger partial charge >= 0.3 is 0 Å². The van der Waals surface area contributed by atoms with E-state index in [1.165, 1.54) is 0 Å². The van der Waals surface area contributed by atoms with Crippen molar-refractivity contribution in [2.24, 2.45) is 0 Å². The zero-order valence-corrected chi connectivity index (χ0v) is 7.78. The third-order valence-electron chi connectivity index (χ3n) is 2.10. The summed E-state index contributed by atoms with van der Waals surface area (Å²) in [6.45, 7) is 3.80. The average Bonchev–Trinajstić information content (AvgIpc) is 2.49. The Hall–Kier alpha value is -1.44. The van der Waals surface area contributed by atoms with Crippen molar-refractivity contribution in [2.75, 3.05) is 0 Å². The van der Waals surface area contributed by atoms with Crippen molar-refractivity contribution in [3.05, 3.63) is 47.9 Å². The van der Waals surface area contributed by atoms with Gasteiger partial charge in [-0.2, -0.15) is 0 Å². The molecule has 0 saturated carbocycles. The van der Waals surface area contributed by atoms with Crippen LogP contribution in [0.1, 0.15) is 19.4 Å². The number of rotatable bonds is 1. The summed E-state index contributed by atoms with van der Waals surface area (Å²) in [7, 11) is 0. The standard InChI is InChI=1S/C11H12O2/c1-9-8-12-11(2,13-9)10-6-4-3-5-7-10/h3-8H,1-2H3. The quantitative estimate of drug-likeness (QED) is 0.655. The first-order valence-electron chi connectivity index (χ1n) is 4.30. The molecular weight excluding hydrogens is 164 g/mol.